The summed E-state index contributed by atoms with van der Waals surface area (Å²) < 4.78 is 0. The first kappa shape index (κ1) is 13.3. The first-order chi connectivity index (χ1) is 7.58. The molecule has 0 aromatic heterocycles. The van der Waals surface area contributed by atoms with Crippen LogP contribution >= 0.6 is 11.6 Å². The lowest BCUT2D eigenvalue weighted by atomic mass is 10.0. The highest BCUT2D eigenvalue weighted by atomic mass is 35.5. The molecule has 0 amide bonds. The molecule has 0 saturated heterocycles. The summed E-state index contributed by atoms with van der Waals surface area (Å²) in [5.74, 6) is 0.359. The Labute approximate surface area is 102 Å². The van der Waals surface area contributed by atoms with Gasteiger partial charge in [-0.15, -0.1) is 0 Å². The molecule has 0 aliphatic rings. The normalized spacial score (nSPS) is 12.9. The van der Waals surface area contributed by atoms with E-state index in [1.165, 1.54) is 0 Å². The molecule has 0 heterocycles. The van der Waals surface area contributed by atoms with Crippen LogP contribution in [0.25, 0.3) is 0 Å². The summed E-state index contributed by atoms with van der Waals surface area (Å²) >= 11 is 6.05. The van der Waals surface area contributed by atoms with E-state index in [2.05, 4.69) is 19.2 Å². The van der Waals surface area contributed by atoms with Crippen molar-refractivity contribution in [3.63, 3.8) is 0 Å². The van der Waals surface area contributed by atoms with Crippen LogP contribution in [-0.4, -0.2) is 17.8 Å². The molecule has 4 heteroatoms. The van der Waals surface area contributed by atoms with Crippen LogP contribution < -0.4 is 11.1 Å². The third-order valence-corrected chi connectivity index (χ3v) is 2.98. The fourth-order valence-corrected chi connectivity index (χ4v) is 1.70. The van der Waals surface area contributed by atoms with Gasteiger partial charge in [-0.3, -0.25) is 0 Å². The molecule has 16 heavy (non-hydrogen) atoms. The van der Waals surface area contributed by atoms with Gasteiger partial charge in [-0.2, -0.15) is 0 Å². The summed E-state index contributed by atoms with van der Waals surface area (Å²) in [4.78, 5) is 0. The van der Waals surface area contributed by atoms with Gasteiger partial charge in [0.15, 0.2) is 0 Å². The van der Waals surface area contributed by atoms with Crippen molar-refractivity contribution in [2.75, 3.05) is 11.9 Å². The predicted octanol–water partition coefficient (Wildman–Crippen LogP) is 2.23. The molecule has 1 unspecified atom stereocenters. The molecule has 0 fully saturated rings. The Morgan fingerprint density at radius 2 is 2.12 bits per heavy atom. The number of rotatable bonds is 5. The number of hydrogen-bond acceptors (Lipinski definition) is 3. The summed E-state index contributed by atoms with van der Waals surface area (Å²) in [7, 11) is 0. The van der Waals surface area contributed by atoms with Gasteiger partial charge < -0.3 is 16.2 Å². The van der Waals surface area contributed by atoms with E-state index in [-0.39, 0.29) is 12.6 Å². The molecular formula is C12H19ClN2O. The third kappa shape index (κ3) is 3.37. The first-order valence-corrected chi connectivity index (χ1v) is 5.82. The standard InChI is InChI=1S/C12H19ClN2O/c1-8(2)12(7-16)15-10-4-3-9(6-14)11(13)5-10/h3-5,8,12,15-16H,6-7,14H2,1-2H3. The van der Waals surface area contributed by atoms with Crippen LogP contribution in [0.1, 0.15) is 19.4 Å². The molecule has 3 nitrogen and oxygen atoms in total. The SMILES string of the molecule is CC(C)C(CO)Nc1ccc(CN)c(Cl)c1. The van der Waals surface area contributed by atoms with Crippen LogP contribution in [0, 0.1) is 5.92 Å². The zero-order chi connectivity index (χ0) is 12.1. The summed E-state index contributed by atoms with van der Waals surface area (Å²) in [5.41, 5.74) is 7.37. The monoisotopic (exact) mass is 242 g/mol. The van der Waals surface area contributed by atoms with Gasteiger partial charge in [0.25, 0.3) is 0 Å². The zero-order valence-corrected chi connectivity index (χ0v) is 10.5. The molecular weight excluding hydrogens is 224 g/mol. The van der Waals surface area contributed by atoms with Crippen LogP contribution in [0.15, 0.2) is 18.2 Å². The second-order valence-corrected chi connectivity index (χ2v) is 4.59. The number of aliphatic hydroxyl groups is 1. The molecule has 0 aliphatic carbocycles. The van der Waals surface area contributed by atoms with Crippen molar-refractivity contribution in [1.29, 1.82) is 0 Å². The largest absolute Gasteiger partial charge is 0.394 e. The number of halogens is 1. The molecule has 90 valence electrons. The van der Waals surface area contributed by atoms with E-state index >= 15 is 0 Å². The number of benzene rings is 1. The topological polar surface area (TPSA) is 58.3 Å². The van der Waals surface area contributed by atoms with Crippen molar-refractivity contribution >= 4 is 17.3 Å². The summed E-state index contributed by atoms with van der Waals surface area (Å²) in [6.07, 6.45) is 0. The Morgan fingerprint density at radius 3 is 2.56 bits per heavy atom. The van der Waals surface area contributed by atoms with E-state index in [1.54, 1.807) is 0 Å². The molecule has 1 rings (SSSR count). The fraction of sp³-hybridized carbons (Fsp3) is 0.500. The van der Waals surface area contributed by atoms with Crippen molar-refractivity contribution < 1.29 is 5.11 Å². The van der Waals surface area contributed by atoms with Gasteiger partial charge in [-0.05, 0) is 23.6 Å². The molecule has 1 aromatic rings. The quantitative estimate of drug-likeness (QED) is 0.742. The Kier molecular flexibility index (Phi) is 5.06. The van der Waals surface area contributed by atoms with Crippen LogP contribution in [0.2, 0.25) is 5.02 Å². The highest BCUT2D eigenvalue weighted by Crippen LogP contribution is 2.22. The number of nitrogens with one attached hydrogen (secondary N) is 1. The van der Waals surface area contributed by atoms with Gasteiger partial charge >= 0.3 is 0 Å². The lowest BCUT2D eigenvalue weighted by Gasteiger charge is -2.21. The second-order valence-electron chi connectivity index (χ2n) is 4.19. The maximum Gasteiger partial charge on any atom is 0.0635 e. The van der Waals surface area contributed by atoms with Crippen molar-refractivity contribution in [3.8, 4) is 0 Å². The molecule has 4 N–H and O–H groups in total. The van der Waals surface area contributed by atoms with Crippen molar-refractivity contribution in [2.24, 2.45) is 11.7 Å². The highest BCUT2D eigenvalue weighted by molar-refractivity contribution is 6.31. The van der Waals surface area contributed by atoms with Crippen LogP contribution in [0.5, 0.6) is 0 Å². The number of hydrogen-bond donors (Lipinski definition) is 3. The summed E-state index contributed by atoms with van der Waals surface area (Å²) in [6, 6.07) is 5.72. The predicted molar refractivity (Wildman–Crippen MR) is 68.7 cm³/mol. The summed E-state index contributed by atoms with van der Waals surface area (Å²) in [6.45, 7) is 4.66. The number of aliphatic hydroxyl groups excluding tert-OH is 1. The fourth-order valence-electron chi connectivity index (χ4n) is 1.44. The van der Waals surface area contributed by atoms with E-state index in [9.17, 15) is 5.11 Å². The van der Waals surface area contributed by atoms with E-state index in [4.69, 9.17) is 17.3 Å². The van der Waals surface area contributed by atoms with Crippen molar-refractivity contribution in [1.82, 2.24) is 0 Å². The van der Waals surface area contributed by atoms with Crippen LogP contribution in [-0.2, 0) is 6.54 Å². The molecule has 0 bridgehead atoms. The van der Waals surface area contributed by atoms with Gasteiger partial charge in [-0.25, -0.2) is 0 Å². The molecule has 1 atom stereocenters. The van der Waals surface area contributed by atoms with Gasteiger partial charge in [0.05, 0.1) is 12.6 Å². The van der Waals surface area contributed by atoms with Crippen molar-refractivity contribution in [3.05, 3.63) is 28.8 Å². The van der Waals surface area contributed by atoms with Crippen LogP contribution in [0.4, 0.5) is 5.69 Å². The van der Waals surface area contributed by atoms with Gasteiger partial charge in [0.2, 0.25) is 0 Å². The smallest absolute Gasteiger partial charge is 0.0635 e. The minimum absolute atomic E-state index is 0.0415. The minimum atomic E-state index is 0.0415. The molecule has 0 saturated carbocycles. The lowest BCUT2D eigenvalue weighted by molar-refractivity contribution is 0.249. The zero-order valence-electron chi connectivity index (χ0n) is 9.70. The van der Waals surface area contributed by atoms with E-state index in [1.807, 2.05) is 18.2 Å². The number of nitrogens with two attached hydrogens (primary N) is 1. The van der Waals surface area contributed by atoms with Crippen molar-refractivity contribution in [2.45, 2.75) is 26.4 Å². The minimum Gasteiger partial charge on any atom is -0.394 e. The van der Waals surface area contributed by atoms with Gasteiger partial charge in [0.1, 0.15) is 0 Å². The van der Waals surface area contributed by atoms with E-state index in [0.29, 0.717) is 17.5 Å². The number of anilines is 1. The summed E-state index contributed by atoms with van der Waals surface area (Å²) in [5, 5.41) is 13.1. The van der Waals surface area contributed by atoms with Gasteiger partial charge in [-0.1, -0.05) is 31.5 Å². The molecule has 0 spiro atoms. The Morgan fingerprint density at radius 1 is 1.44 bits per heavy atom. The average Bonchev–Trinajstić information content (AvgIpc) is 2.25. The first-order valence-electron chi connectivity index (χ1n) is 5.44. The Bertz CT molecular complexity index is 342. The highest BCUT2D eigenvalue weighted by Gasteiger charge is 2.12. The average molecular weight is 243 g/mol. The van der Waals surface area contributed by atoms with Gasteiger partial charge in [0, 0.05) is 17.3 Å². The molecule has 1 aromatic carbocycles. The third-order valence-electron chi connectivity index (χ3n) is 2.63. The lowest BCUT2D eigenvalue weighted by Crippen LogP contribution is -2.29. The van der Waals surface area contributed by atoms with Crippen LogP contribution in [0.3, 0.4) is 0 Å². The molecule has 0 radical (unpaired) electrons. The maximum atomic E-state index is 9.21. The Hall–Kier alpha value is -0.770. The Balaban J connectivity index is 2.78. The molecule has 0 aliphatic heterocycles. The van der Waals surface area contributed by atoms with E-state index < -0.39 is 0 Å². The second kappa shape index (κ2) is 6.09. The maximum absolute atomic E-state index is 9.21. The van der Waals surface area contributed by atoms with E-state index in [0.717, 1.165) is 11.3 Å².